The van der Waals surface area contributed by atoms with Crippen LogP contribution < -0.4 is 18.9 Å². The molecule has 19 heteroatoms. The highest BCUT2D eigenvalue weighted by Gasteiger charge is 2.36. The average molecular weight is 1100 g/mol. The zero-order chi connectivity index (χ0) is 53.1. The Balaban J connectivity index is 1.000. The lowest BCUT2D eigenvalue weighted by atomic mass is 9.87. The topological polar surface area (TPSA) is 149 Å². The zero-order valence-corrected chi connectivity index (χ0v) is 46.5. The number of esters is 1. The second-order valence-corrected chi connectivity index (χ2v) is 23.2. The number of carbonyl (C=O) groups excluding carboxylic acids is 1. The van der Waals surface area contributed by atoms with E-state index in [9.17, 15) is 4.79 Å². The summed E-state index contributed by atoms with van der Waals surface area (Å²) in [6.07, 6.45) is 9.15. The largest absolute Gasteiger partial charge is 0.490 e. The minimum atomic E-state index is -1.51. The summed E-state index contributed by atoms with van der Waals surface area (Å²) in [5, 5.41) is 1.43. The zero-order valence-electron chi connectivity index (χ0n) is 44.2. The predicted octanol–water partition coefficient (Wildman–Crippen LogP) is 10.6. The molecule has 0 spiro atoms. The minimum Gasteiger partial charge on any atom is -0.490 e. The van der Waals surface area contributed by atoms with Crippen molar-refractivity contribution in [3.05, 3.63) is 92.1 Å². The molecule has 406 valence electrons. The number of fused-ring (bicyclic) bond motifs is 7. The number of alkyl halides is 1. The van der Waals surface area contributed by atoms with Crippen LogP contribution in [0.5, 0.6) is 23.1 Å². The second-order valence-electron chi connectivity index (χ2n) is 21.5. The van der Waals surface area contributed by atoms with E-state index in [0.29, 0.717) is 87.4 Å². The van der Waals surface area contributed by atoms with E-state index < -0.39 is 29.4 Å². The summed E-state index contributed by atoms with van der Waals surface area (Å²) in [5.74, 6) is 1.51. The van der Waals surface area contributed by atoms with Crippen LogP contribution in [0.1, 0.15) is 92.4 Å². The van der Waals surface area contributed by atoms with Gasteiger partial charge in [0.1, 0.15) is 59.3 Å². The van der Waals surface area contributed by atoms with Gasteiger partial charge in [-0.3, -0.25) is 4.90 Å². The molecule has 11 rings (SSSR count). The average Bonchev–Trinajstić information content (AvgIpc) is 4.08. The van der Waals surface area contributed by atoms with Crippen LogP contribution in [0.3, 0.4) is 0 Å². The standard InChI is InChI=1S/C57H67Cl2FN6O9S/c1-34-45-35(2)49(59)50(48(34)58)73-41(27-66-21-19-65(6)20-22-66)31-71-40-11-12-43(72-28-39-15-18-61-52(64-39)37-13-16-57(60,17-14-37)32-69-30-42-29-68-23-24-70-42)38(25-40)26-44(55(67)75-56(3,4)5)74-53-47-46(45)51(36-9-7-8-10-36)76-54(47)63-33-62-53/h9,11-13,15,18,25,33,41-42,44H,7-8,10,14,16-17,19-24,26-32H2,1-6H3/t41-,42-,44-,57-/m1/s1. The van der Waals surface area contributed by atoms with E-state index in [2.05, 4.69) is 27.9 Å². The Labute approximate surface area is 458 Å². The molecule has 0 amide bonds. The van der Waals surface area contributed by atoms with E-state index in [4.69, 9.17) is 76.0 Å². The maximum Gasteiger partial charge on any atom is 0.348 e. The number of allylic oxidation sites excluding steroid dienone is 4. The number of ether oxygens (including phenoxy) is 8. The van der Waals surface area contributed by atoms with Crippen LogP contribution in [0, 0.1) is 13.8 Å². The number of carbonyl (C=O) groups is 1. The van der Waals surface area contributed by atoms with Gasteiger partial charge in [-0.15, -0.1) is 11.3 Å². The Hall–Kier alpha value is -4.98. The monoisotopic (exact) mass is 1100 g/mol. The van der Waals surface area contributed by atoms with Gasteiger partial charge in [0.2, 0.25) is 12.0 Å². The van der Waals surface area contributed by atoms with E-state index in [-0.39, 0.29) is 57.7 Å². The molecule has 0 unspecified atom stereocenters. The van der Waals surface area contributed by atoms with Crippen LogP contribution >= 0.6 is 34.5 Å². The van der Waals surface area contributed by atoms with Crippen molar-refractivity contribution in [1.29, 1.82) is 0 Å². The molecule has 4 aliphatic heterocycles. The molecule has 6 aliphatic rings. The molecule has 3 aromatic heterocycles. The lowest BCUT2D eigenvalue weighted by molar-refractivity contribution is -0.163. The Bertz CT molecular complexity index is 2960. The summed E-state index contributed by atoms with van der Waals surface area (Å²) in [6, 6.07) is 7.31. The van der Waals surface area contributed by atoms with Crippen molar-refractivity contribution in [2.45, 2.75) is 116 Å². The van der Waals surface area contributed by atoms with E-state index in [1.54, 1.807) is 23.6 Å². The fourth-order valence-corrected chi connectivity index (χ4v) is 12.1. The normalized spacial score (nSPS) is 22.8. The van der Waals surface area contributed by atoms with Crippen LogP contribution in [0.15, 0.2) is 48.9 Å². The van der Waals surface area contributed by atoms with Gasteiger partial charge in [0.15, 0.2) is 11.6 Å². The number of halogens is 3. The summed E-state index contributed by atoms with van der Waals surface area (Å²) in [5.41, 5.74) is 4.13. The molecule has 2 fully saturated rings. The fourth-order valence-electron chi connectivity index (χ4n) is 10.4. The number of hydrogen-bond donors (Lipinski definition) is 0. The first-order chi connectivity index (χ1) is 36.6. The first-order valence-corrected chi connectivity index (χ1v) is 27.9. The van der Waals surface area contributed by atoms with Gasteiger partial charge in [0.05, 0.1) is 54.2 Å². The third-order valence-corrected chi connectivity index (χ3v) is 16.5. The van der Waals surface area contributed by atoms with Gasteiger partial charge in [-0.05, 0) is 126 Å². The Kier molecular flexibility index (Phi) is 16.8. The molecule has 2 saturated heterocycles. The summed E-state index contributed by atoms with van der Waals surface area (Å²) in [7, 11) is 2.13. The van der Waals surface area contributed by atoms with Gasteiger partial charge in [-0.2, -0.15) is 0 Å². The van der Waals surface area contributed by atoms with Crippen LogP contribution in [-0.4, -0.2) is 145 Å². The first kappa shape index (κ1) is 54.4. The van der Waals surface area contributed by atoms with Crippen molar-refractivity contribution >= 4 is 61.9 Å². The summed E-state index contributed by atoms with van der Waals surface area (Å²) < 4.78 is 66.0. The third-order valence-electron chi connectivity index (χ3n) is 14.5. The van der Waals surface area contributed by atoms with Gasteiger partial charge in [-0.25, -0.2) is 29.1 Å². The molecule has 5 aromatic rings. The second kappa shape index (κ2) is 23.5. The Morgan fingerprint density at radius 3 is 2.49 bits per heavy atom. The smallest absolute Gasteiger partial charge is 0.348 e. The van der Waals surface area contributed by atoms with Gasteiger partial charge >= 0.3 is 5.97 Å². The quantitative estimate of drug-likeness (QED) is 0.109. The van der Waals surface area contributed by atoms with E-state index in [1.807, 2.05) is 58.9 Å². The Morgan fingerprint density at radius 1 is 0.947 bits per heavy atom. The van der Waals surface area contributed by atoms with E-state index in [0.717, 1.165) is 78.1 Å². The number of nitrogens with zero attached hydrogens (tertiary/aromatic N) is 6. The van der Waals surface area contributed by atoms with Crippen molar-refractivity contribution in [1.82, 2.24) is 29.7 Å². The van der Waals surface area contributed by atoms with Crippen molar-refractivity contribution in [3.8, 4) is 34.3 Å². The molecule has 2 aliphatic carbocycles. The van der Waals surface area contributed by atoms with Crippen molar-refractivity contribution in [2.24, 2.45) is 0 Å². The van der Waals surface area contributed by atoms with Crippen molar-refractivity contribution in [3.63, 3.8) is 0 Å². The molecule has 0 N–H and O–H groups in total. The summed E-state index contributed by atoms with van der Waals surface area (Å²) in [6.45, 7) is 15.5. The molecule has 0 radical (unpaired) electrons. The van der Waals surface area contributed by atoms with Gasteiger partial charge in [0.25, 0.3) is 0 Å². The van der Waals surface area contributed by atoms with Gasteiger partial charge < -0.3 is 42.8 Å². The highest BCUT2D eigenvalue weighted by atomic mass is 35.5. The minimum absolute atomic E-state index is 0.00766. The number of aromatic nitrogens is 4. The number of piperazine rings is 1. The molecule has 7 heterocycles. The van der Waals surface area contributed by atoms with Crippen molar-refractivity contribution < 1.29 is 47.1 Å². The molecule has 4 atom stereocenters. The molecule has 0 saturated carbocycles. The lowest BCUT2D eigenvalue weighted by Gasteiger charge is -2.35. The number of likely N-dealkylation sites (N-methyl/N-ethyl adjacent to an activating group) is 1. The third kappa shape index (κ3) is 12.6. The predicted molar refractivity (Wildman–Crippen MR) is 292 cm³/mol. The maximum atomic E-state index is 15.9. The van der Waals surface area contributed by atoms with Crippen molar-refractivity contribution in [2.75, 3.05) is 79.4 Å². The molecule has 15 nitrogen and oxygen atoms in total. The molecule has 76 heavy (non-hydrogen) atoms. The number of hydrogen-bond acceptors (Lipinski definition) is 16. The lowest BCUT2D eigenvalue weighted by Crippen LogP contribution is -2.49. The number of thiophene rings is 1. The van der Waals surface area contributed by atoms with Crippen LogP contribution in [0.2, 0.25) is 10.0 Å². The number of rotatable bonds is 12. The first-order valence-electron chi connectivity index (χ1n) is 26.4. The SMILES string of the molecule is Cc1c(Cl)c2c(Cl)c(C)c1-c1c(C3=CCCC3)sc3ncnc(c13)O[C@@H](C(=O)OC(C)(C)C)Cc1cc(ccc1OCc1ccnc(C3=CC[C@](F)(COC[C@H]4COCCO4)CC3)n1)OC[C@@H](CN1CCN(C)CC1)O2. The molecule has 4 bridgehead atoms. The van der Waals surface area contributed by atoms with Crippen LogP contribution in [0.4, 0.5) is 4.39 Å². The summed E-state index contributed by atoms with van der Waals surface area (Å²) in [4.78, 5) is 40.0. The molecule has 2 aromatic carbocycles. The van der Waals surface area contributed by atoms with Crippen LogP contribution in [0.25, 0.3) is 32.5 Å². The van der Waals surface area contributed by atoms with E-state index >= 15 is 4.39 Å². The number of benzene rings is 2. The summed E-state index contributed by atoms with van der Waals surface area (Å²) >= 11 is 16.4. The van der Waals surface area contributed by atoms with E-state index in [1.165, 1.54) is 11.9 Å². The van der Waals surface area contributed by atoms with Crippen LogP contribution in [-0.2, 0) is 36.8 Å². The highest BCUT2D eigenvalue weighted by molar-refractivity contribution is 7.20. The Morgan fingerprint density at radius 2 is 1.76 bits per heavy atom. The fraction of sp³-hybridized carbons (Fsp3) is 0.526. The molecular formula is C57H67Cl2FN6O9S. The molecular weight excluding hydrogens is 1030 g/mol. The van der Waals surface area contributed by atoms with Gasteiger partial charge in [0, 0.05) is 67.8 Å². The highest BCUT2D eigenvalue weighted by Crippen LogP contribution is 2.53. The maximum absolute atomic E-state index is 15.9. The van der Waals surface area contributed by atoms with Gasteiger partial charge in [-0.1, -0.05) is 35.4 Å².